The molecule has 3 aromatic heterocycles. The van der Waals surface area contributed by atoms with Gasteiger partial charge in [0.1, 0.15) is 17.2 Å². The zero-order valence-corrected chi connectivity index (χ0v) is 19.1. The largest absolute Gasteiger partial charge is 0.384 e. The predicted octanol–water partition coefficient (Wildman–Crippen LogP) is 4.48. The summed E-state index contributed by atoms with van der Waals surface area (Å²) in [5.74, 6) is 0.422. The van der Waals surface area contributed by atoms with Crippen LogP contribution in [0.2, 0.25) is 0 Å². The van der Waals surface area contributed by atoms with Crippen LogP contribution in [0.1, 0.15) is 41.8 Å². The second kappa shape index (κ2) is 8.62. The first-order valence-corrected chi connectivity index (χ1v) is 11.2. The molecular weight excluding hydrogens is 428 g/mol. The Morgan fingerprint density at radius 2 is 2.00 bits per heavy atom. The monoisotopic (exact) mass is 454 g/mol. The first-order valence-electron chi connectivity index (χ1n) is 11.2. The number of benzene rings is 1. The van der Waals surface area contributed by atoms with E-state index in [0.717, 1.165) is 27.8 Å². The van der Waals surface area contributed by atoms with Gasteiger partial charge < -0.3 is 20.9 Å². The van der Waals surface area contributed by atoms with Crippen molar-refractivity contribution >= 4 is 39.9 Å². The van der Waals surface area contributed by atoms with Crippen LogP contribution >= 0.6 is 0 Å². The maximum absolute atomic E-state index is 13.1. The Bertz CT molecular complexity index is 1400. The Morgan fingerprint density at radius 1 is 1.12 bits per heavy atom. The van der Waals surface area contributed by atoms with Crippen molar-refractivity contribution in [2.45, 2.75) is 32.2 Å². The zero-order chi connectivity index (χ0) is 23.7. The van der Waals surface area contributed by atoms with Crippen LogP contribution in [-0.2, 0) is 16.8 Å². The number of carbonyl (C=O) groups excluding carboxylic acids is 2. The molecule has 4 N–H and O–H groups in total. The number of aromatic nitrogens is 3. The number of aromatic amines is 1. The third-order valence-electron chi connectivity index (χ3n) is 6.28. The molecular formula is C26H26N6O2. The highest BCUT2D eigenvalue weighted by Gasteiger charge is 2.35. The van der Waals surface area contributed by atoms with Gasteiger partial charge in [0.05, 0.1) is 5.56 Å². The highest BCUT2D eigenvalue weighted by molar-refractivity contribution is 6.07. The molecule has 0 saturated heterocycles. The van der Waals surface area contributed by atoms with Crippen molar-refractivity contribution < 1.29 is 9.59 Å². The molecule has 1 atom stereocenters. The smallest absolute Gasteiger partial charge is 0.259 e. The van der Waals surface area contributed by atoms with E-state index in [4.69, 9.17) is 0 Å². The van der Waals surface area contributed by atoms with Crippen molar-refractivity contribution in [2.75, 3.05) is 22.5 Å². The minimum atomic E-state index is -0.249. The molecule has 0 spiro atoms. The summed E-state index contributed by atoms with van der Waals surface area (Å²) in [7, 11) is 0. The normalized spacial score (nSPS) is 16.6. The van der Waals surface area contributed by atoms with Crippen LogP contribution in [0.4, 0.5) is 17.2 Å². The lowest BCUT2D eigenvalue weighted by molar-refractivity contribution is -0.118. The second-order valence-electron chi connectivity index (χ2n) is 8.97. The number of amides is 1. The zero-order valence-electron chi connectivity index (χ0n) is 19.1. The van der Waals surface area contributed by atoms with E-state index in [1.54, 1.807) is 31.5 Å². The summed E-state index contributed by atoms with van der Waals surface area (Å²) in [6, 6.07) is 13.2. The van der Waals surface area contributed by atoms with Crippen LogP contribution in [0.3, 0.4) is 0 Å². The van der Waals surface area contributed by atoms with Gasteiger partial charge in [0.15, 0.2) is 0 Å². The van der Waals surface area contributed by atoms with Crippen LogP contribution in [0.15, 0.2) is 61.1 Å². The summed E-state index contributed by atoms with van der Waals surface area (Å²) in [6.45, 7) is 4.90. The quantitative estimate of drug-likeness (QED) is 0.328. The average molecular weight is 455 g/mol. The number of hydrogen-bond donors (Lipinski definition) is 4. The second-order valence-corrected chi connectivity index (χ2v) is 8.97. The fraction of sp³-hybridized carbons (Fsp3) is 0.231. The minimum Gasteiger partial charge on any atom is -0.384 e. The molecule has 1 unspecified atom stereocenters. The maximum Gasteiger partial charge on any atom is 0.259 e. The maximum atomic E-state index is 13.1. The predicted molar refractivity (Wildman–Crippen MR) is 133 cm³/mol. The van der Waals surface area contributed by atoms with Crippen LogP contribution in [0.5, 0.6) is 0 Å². The highest BCUT2D eigenvalue weighted by Crippen LogP contribution is 2.40. The van der Waals surface area contributed by atoms with E-state index >= 15 is 0 Å². The standard InChI is InChI=1S/C26H26N6O2/c1-16(33)13-26(2)15-31-22-12-18(5-6-21(22)26)32-25(34)20-4-3-9-27-24(20)30-14-17-7-10-28-23-19(17)8-11-29-23/h3-12,31H,13-15H2,1-2H3,(H,27,30)(H,28,29)(H,32,34). The summed E-state index contributed by atoms with van der Waals surface area (Å²) in [5, 5.41) is 10.7. The van der Waals surface area contributed by atoms with Gasteiger partial charge in [0.2, 0.25) is 0 Å². The summed E-state index contributed by atoms with van der Waals surface area (Å²) in [4.78, 5) is 36.6. The number of hydrogen-bond acceptors (Lipinski definition) is 6. The first-order chi connectivity index (χ1) is 16.4. The van der Waals surface area contributed by atoms with Gasteiger partial charge in [-0.3, -0.25) is 9.59 Å². The number of nitrogens with zero attached hydrogens (tertiary/aromatic N) is 2. The lowest BCUT2D eigenvalue weighted by Crippen LogP contribution is -2.26. The van der Waals surface area contributed by atoms with Gasteiger partial charge in [-0.25, -0.2) is 9.97 Å². The molecule has 1 aliphatic rings. The molecule has 0 fully saturated rings. The minimum absolute atomic E-state index is 0.162. The summed E-state index contributed by atoms with van der Waals surface area (Å²) < 4.78 is 0. The number of fused-ring (bicyclic) bond motifs is 2. The number of Topliss-reactive ketones (excluding diaryl/α,β-unsaturated/α-hetero) is 1. The van der Waals surface area contributed by atoms with Crippen molar-refractivity contribution in [3.63, 3.8) is 0 Å². The molecule has 0 aliphatic carbocycles. The van der Waals surface area contributed by atoms with E-state index < -0.39 is 0 Å². The Morgan fingerprint density at radius 3 is 2.85 bits per heavy atom. The number of carbonyl (C=O) groups is 2. The Labute approximate surface area is 197 Å². The van der Waals surface area contributed by atoms with Gasteiger partial charge in [-0.2, -0.15) is 0 Å². The molecule has 0 radical (unpaired) electrons. The summed E-state index contributed by atoms with van der Waals surface area (Å²) in [5.41, 5.74) is 4.82. The first kappa shape index (κ1) is 21.6. The molecule has 1 aliphatic heterocycles. The van der Waals surface area contributed by atoms with Crippen LogP contribution < -0.4 is 16.0 Å². The third-order valence-corrected chi connectivity index (χ3v) is 6.28. The molecule has 4 heterocycles. The number of anilines is 3. The molecule has 0 bridgehead atoms. The number of ketones is 1. The average Bonchev–Trinajstić information content (AvgIpc) is 3.42. The van der Waals surface area contributed by atoms with Gasteiger partial charge in [-0.05, 0) is 54.4 Å². The molecule has 172 valence electrons. The van der Waals surface area contributed by atoms with E-state index in [9.17, 15) is 9.59 Å². The van der Waals surface area contributed by atoms with E-state index in [2.05, 4.69) is 37.8 Å². The molecule has 4 aromatic rings. The topological polar surface area (TPSA) is 112 Å². The summed E-state index contributed by atoms with van der Waals surface area (Å²) in [6.07, 6.45) is 5.75. The van der Waals surface area contributed by atoms with Crippen molar-refractivity contribution in [1.82, 2.24) is 15.0 Å². The molecule has 8 nitrogen and oxygen atoms in total. The Balaban J connectivity index is 1.32. The van der Waals surface area contributed by atoms with Gasteiger partial charge in [-0.15, -0.1) is 0 Å². The van der Waals surface area contributed by atoms with Gasteiger partial charge in [0, 0.05) is 60.3 Å². The molecule has 34 heavy (non-hydrogen) atoms. The van der Waals surface area contributed by atoms with Gasteiger partial charge in [0.25, 0.3) is 5.91 Å². The van der Waals surface area contributed by atoms with Crippen molar-refractivity contribution in [3.8, 4) is 0 Å². The van der Waals surface area contributed by atoms with Gasteiger partial charge >= 0.3 is 0 Å². The molecule has 0 saturated carbocycles. The number of pyridine rings is 2. The van der Waals surface area contributed by atoms with Crippen molar-refractivity contribution in [1.29, 1.82) is 0 Å². The fourth-order valence-corrected chi connectivity index (χ4v) is 4.67. The third kappa shape index (κ3) is 4.10. The Hall–Kier alpha value is -4.20. The SMILES string of the molecule is CC(=O)CC1(C)CNc2cc(NC(=O)c3cccnc3NCc3ccnc4[nH]ccc34)ccc21. The number of nitrogens with one attached hydrogen (secondary N) is 4. The molecule has 5 rings (SSSR count). The lowest BCUT2D eigenvalue weighted by atomic mass is 9.80. The fourth-order valence-electron chi connectivity index (χ4n) is 4.67. The van der Waals surface area contributed by atoms with Crippen LogP contribution in [0.25, 0.3) is 11.0 Å². The Kier molecular flexibility index (Phi) is 5.49. The van der Waals surface area contributed by atoms with Gasteiger partial charge in [-0.1, -0.05) is 13.0 Å². The molecule has 1 aromatic carbocycles. The number of rotatable bonds is 7. The van der Waals surface area contributed by atoms with Crippen molar-refractivity contribution in [3.05, 3.63) is 77.7 Å². The van der Waals surface area contributed by atoms with E-state index in [1.165, 1.54) is 0 Å². The highest BCUT2D eigenvalue weighted by atomic mass is 16.1. The van der Waals surface area contributed by atoms with E-state index in [0.29, 0.717) is 36.6 Å². The molecule has 8 heteroatoms. The number of H-pyrrole nitrogens is 1. The van der Waals surface area contributed by atoms with Crippen LogP contribution in [0, 0.1) is 0 Å². The van der Waals surface area contributed by atoms with Crippen LogP contribution in [-0.4, -0.2) is 33.2 Å². The lowest BCUT2D eigenvalue weighted by Gasteiger charge is -2.22. The van der Waals surface area contributed by atoms with Crippen molar-refractivity contribution in [2.24, 2.45) is 0 Å². The van der Waals surface area contributed by atoms with E-state index in [-0.39, 0.29) is 17.1 Å². The van der Waals surface area contributed by atoms with E-state index in [1.807, 2.05) is 36.5 Å². The summed E-state index contributed by atoms with van der Waals surface area (Å²) >= 11 is 0. The molecule has 1 amide bonds.